The molecule has 0 amide bonds. The number of hydrogen-bond donors (Lipinski definition) is 1. The Kier molecular flexibility index (Phi) is 5.96. The van der Waals surface area contributed by atoms with Crippen LogP contribution in [0.2, 0.25) is 0 Å². The maximum absolute atomic E-state index is 12.6. The van der Waals surface area contributed by atoms with Crippen molar-refractivity contribution in [2.75, 3.05) is 7.05 Å². The summed E-state index contributed by atoms with van der Waals surface area (Å²) in [5, 5.41) is 9.05. The van der Waals surface area contributed by atoms with E-state index in [0.29, 0.717) is 47.1 Å². The van der Waals surface area contributed by atoms with E-state index >= 15 is 0 Å². The maximum Gasteiger partial charge on any atom is 0.172 e. The van der Waals surface area contributed by atoms with Gasteiger partial charge in [0.05, 0.1) is 22.7 Å². The Morgan fingerprint density at radius 3 is 2.00 bits per heavy atom. The van der Waals surface area contributed by atoms with E-state index in [1.165, 1.54) is 0 Å². The van der Waals surface area contributed by atoms with Crippen molar-refractivity contribution < 1.29 is 18.0 Å². The quantitative estimate of drug-likeness (QED) is 0.808. The predicted molar refractivity (Wildman–Crippen MR) is 79.6 cm³/mol. The molecule has 5 nitrogen and oxygen atoms in total. The van der Waals surface area contributed by atoms with E-state index in [1.807, 2.05) is 0 Å². The molecular weight excluding hydrogens is 297 g/mol. The summed E-state index contributed by atoms with van der Waals surface area (Å²) in [5.74, 6) is 0. The number of aliphatic hydroxyl groups is 1. The van der Waals surface area contributed by atoms with Crippen molar-refractivity contribution in [1.82, 2.24) is 0 Å². The Morgan fingerprint density at radius 1 is 1.00 bits per heavy atom. The first-order valence-corrected chi connectivity index (χ1v) is 9.77. The minimum Gasteiger partial charge on any atom is -0.393 e. The minimum atomic E-state index is -3.04. The molecule has 0 spiro atoms. The third kappa shape index (κ3) is 4.00. The van der Waals surface area contributed by atoms with Gasteiger partial charge in [0.25, 0.3) is 0 Å². The van der Waals surface area contributed by atoms with E-state index < -0.39 is 9.84 Å². The van der Waals surface area contributed by atoms with E-state index in [-0.39, 0.29) is 22.7 Å². The molecule has 0 aromatic carbocycles. The molecule has 0 saturated heterocycles. The van der Waals surface area contributed by atoms with Gasteiger partial charge in [-0.1, -0.05) is 0 Å². The monoisotopic (exact) mass is 321 g/mol. The van der Waals surface area contributed by atoms with Crippen LogP contribution in [-0.4, -0.2) is 43.3 Å². The molecule has 116 valence electrons. The van der Waals surface area contributed by atoms with E-state index in [9.17, 15) is 13.5 Å². The van der Waals surface area contributed by atoms with Crippen molar-refractivity contribution >= 4 is 18.4 Å². The summed E-state index contributed by atoms with van der Waals surface area (Å²) in [6.07, 6.45) is 5.35. The van der Waals surface area contributed by atoms with Gasteiger partial charge in [-0.15, -0.1) is 0 Å². The lowest BCUT2D eigenvalue weighted by Crippen LogP contribution is -2.38. The lowest BCUT2D eigenvalue weighted by Gasteiger charge is -2.32. The number of rotatable bonds is 4. The Balaban J connectivity index is 1.88. The zero-order chi connectivity index (χ0) is 14.6. The van der Waals surface area contributed by atoms with Crippen molar-refractivity contribution in [3.8, 4) is 0 Å². The molecule has 0 aromatic rings. The normalized spacial score (nSPS) is 36.3. The second kappa shape index (κ2) is 7.30. The highest BCUT2D eigenvalue weighted by Crippen LogP contribution is 2.34. The van der Waals surface area contributed by atoms with Crippen LogP contribution in [0.4, 0.5) is 0 Å². The van der Waals surface area contributed by atoms with E-state index in [2.05, 4.69) is 4.74 Å². The smallest absolute Gasteiger partial charge is 0.172 e. The van der Waals surface area contributed by atoms with Crippen LogP contribution in [0.25, 0.3) is 0 Å². The molecule has 0 heterocycles. The first kappa shape index (κ1) is 16.3. The Hall–Kier alpha value is -0.0300. The molecule has 1 N–H and O–H groups in total. The van der Waals surface area contributed by atoms with Gasteiger partial charge in [-0.2, -0.15) is 0 Å². The van der Waals surface area contributed by atoms with Crippen LogP contribution in [0.1, 0.15) is 51.4 Å². The van der Waals surface area contributed by atoms with Crippen LogP contribution in [0.15, 0.2) is 4.74 Å². The molecule has 0 aliphatic heterocycles. The fraction of sp³-hybridized carbons (Fsp3) is 1.00. The highest BCUT2D eigenvalue weighted by Gasteiger charge is 2.38. The highest BCUT2D eigenvalue weighted by molar-refractivity contribution is 7.92. The summed E-state index contributed by atoms with van der Waals surface area (Å²) >= 11 is 0. The van der Waals surface area contributed by atoms with Crippen molar-refractivity contribution in [1.29, 1.82) is 0 Å². The molecule has 0 unspecified atom stereocenters. The molecule has 2 aliphatic rings. The molecule has 20 heavy (non-hydrogen) atoms. The fourth-order valence-corrected chi connectivity index (χ4v) is 6.07. The van der Waals surface area contributed by atoms with Gasteiger partial charge >= 0.3 is 0 Å². The summed E-state index contributed by atoms with van der Waals surface area (Å²) in [5.41, 5.74) is 0. The lowest BCUT2D eigenvalue weighted by molar-refractivity contribution is 0.131. The van der Waals surface area contributed by atoms with Crippen LogP contribution in [-0.2, 0) is 14.4 Å². The summed E-state index contributed by atoms with van der Waals surface area (Å²) in [6, 6.07) is 0. The molecule has 2 aliphatic carbocycles. The standard InChI is InChI=1S/C13H24NO4PS/c1-14-19-18-11-4-8-13(9-5-11)20(16,17)12-6-2-10(15)3-7-12/h10-13,15H,2-9H2,1H3. The second-order valence-electron chi connectivity index (χ2n) is 5.81. The number of sulfone groups is 1. The SMILES string of the molecule is CN=POC1CCC(S(=O)(=O)C2CCC(O)CC2)CC1. The van der Waals surface area contributed by atoms with Gasteiger partial charge < -0.3 is 9.63 Å². The maximum atomic E-state index is 12.6. The number of hydrogen-bond acceptors (Lipinski definition) is 5. The minimum absolute atomic E-state index is 0.153. The highest BCUT2D eigenvalue weighted by atomic mass is 32.2. The summed E-state index contributed by atoms with van der Waals surface area (Å²) in [7, 11) is -0.705. The van der Waals surface area contributed by atoms with Crippen molar-refractivity contribution in [3.05, 3.63) is 0 Å². The van der Waals surface area contributed by atoms with Gasteiger partial charge in [-0.3, -0.25) is 0 Å². The molecule has 2 saturated carbocycles. The zero-order valence-electron chi connectivity index (χ0n) is 11.9. The molecular formula is C13H24NO4PS. The van der Waals surface area contributed by atoms with Crippen molar-refractivity contribution in [2.24, 2.45) is 4.74 Å². The first-order valence-electron chi connectivity index (χ1n) is 7.39. The van der Waals surface area contributed by atoms with Gasteiger partial charge in [0.2, 0.25) is 0 Å². The van der Waals surface area contributed by atoms with Crippen LogP contribution in [0.5, 0.6) is 0 Å². The molecule has 0 atom stereocenters. The number of nitrogens with zero attached hydrogens (tertiary/aromatic N) is 1. The van der Waals surface area contributed by atoms with Crippen molar-refractivity contribution in [3.63, 3.8) is 0 Å². The summed E-state index contributed by atoms with van der Waals surface area (Å²) < 4.78 is 34.7. The topological polar surface area (TPSA) is 76.0 Å². The molecule has 0 aromatic heterocycles. The van der Waals surface area contributed by atoms with Crippen molar-refractivity contribution in [2.45, 2.75) is 74.1 Å². The average Bonchev–Trinajstić information content (AvgIpc) is 2.46. The van der Waals surface area contributed by atoms with Crippen LogP contribution < -0.4 is 0 Å². The largest absolute Gasteiger partial charge is 0.393 e. The van der Waals surface area contributed by atoms with Crippen LogP contribution in [0, 0.1) is 0 Å². The first-order chi connectivity index (χ1) is 9.54. The van der Waals surface area contributed by atoms with Gasteiger partial charge in [-0.05, 0) is 51.4 Å². The summed E-state index contributed by atoms with van der Waals surface area (Å²) in [4.78, 5) is 0. The summed E-state index contributed by atoms with van der Waals surface area (Å²) in [6.45, 7) is 0. The zero-order valence-corrected chi connectivity index (χ0v) is 13.7. The van der Waals surface area contributed by atoms with Crippen LogP contribution in [0.3, 0.4) is 0 Å². The van der Waals surface area contributed by atoms with Gasteiger partial charge in [0.15, 0.2) is 18.4 Å². The third-order valence-corrected chi connectivity index (χ3v) is 7.83. The van der Waals surface area contributed by atoms with Gasteiger partial charge in [0.1, 0.15) is 0 Å². The van der Waals surface area contributed by atoms with E-state index in [1.54, 1.807) is 7.05 Å². The molecule has 0 bridgehead atoms. The Labute approximate surface area is 123 Å². The Bertz CT molecular complexity index is 424. The molecule has 2 fully saturated rings. The lowest BCUT2D eigenvalue weighted by atomic mass is 9.97. The third-order valence-electron chi connectivity index (χ3n) is 4.47. The second-order valence-corrected chi connectivity index (χ2v) is 9.09. The van der Waals surface area contributed by atoms with E-state index in [0.717, 1.165) is 12.8 Å². The average molecular weight is 321 g/mol. The fourth-order valence-electron chi connectivity index (χ4n) is 3.23. The number of aliphatic hydroxyl groups excluding tert-OH is 1. The van der Waals surface area contributed by atoms with Gasteiger partial charge in [-0.25, -0.2) is 13.2 Å². The van der Waals surface area contributed by atoms with E-state index in [4.69, 9.17) is 4.52 Å². The van der Waals surface area contributed by atoms with Gasteiger partial charge in [0, 0.05) is 7.05 Å². The molecule has 0 radical (unpaired) electrons. The Morgan fingerprint density at radius 2 is 1.50 bits per heavy atom. The molecule has 7 heteroatoms. The predicted octanol–water partition coefficient (Wildman–Crippen LogP) is 2.71. The van der Waals surface area contributed by atoms with Crippen LogP contribution >= 0.6 is 8.60 Å². The molecule has 2 rings (SSSR count).